The Labute approximate surface area is 422 Å². The molecule has 75 heavy (non-hydrogen) atoms. The average Bonchev–Trinajstić information content (AvgIpc) is 3.80. The number of aromatic hydroxyl groups is 2. The molecule has 2 aromatic carbocycles. The number of phenolic OH excluding ortho intramolecular Hbond substituents is 2. The molecule has 3 heterocycles. The Morgan fingerprint density at radius 1 is 0.613 bits per heavy atom. The molecule has 19 N–H and O–H groups in total. The highest BCUT2D eigenvalue weighted by Crippen LogP contribution is 2.55. The van der Waals surface area contributed by atoms with Crippen molar-refractivity contribution in [1.29, 1.82) is 0 Å². The number of aliphatic hydroxyl groups is 17. The zero-order valence-corrected chi connectivity index (χ0v) is 38.8. The molecule has 7 rings (SSSR count). The Morgan fingerprint density at radius 3 is 1.65 bits per heavy atom. The molecule has 5 aliphatic rings. The van der Waals surface area contributed by atoms with E-state index in [0.29, 0.717) is 12.2 Å². The van der Waals surface area contributed by atoms with Gasteiger partial charge in [0.15, 0.2) is 5.78 Å². The SMILES string of the molecule is O=C(C=Cc1ccc(O)cc1)C1=C(O)C2=C(OC(C(O)C(O)C(O)CO)C2C2=C(O)C(=C(O)C=Cc3ccc(O)cc3)C(=O)C(O)(C3OC(CO)C(O)C(O)C3O)C2=O)C(O)(C2OC(CO)C(O)C(CO)C2O)C1=O. The van der Waals surface area contributed by atoms with Crippen LogP contribution >= 0.6 is 0 Å². The van der Waals surface area contributed by atoms with Crippen LogP contribution in [0.3, 0.4) is 0 Å². The summed E-state index contributed by atoms with van der Waals surface area (Å²) < 4.78 is 17.1. The van der Waals surface area contributed by atoms with Crippen LogP contribution in [0.4, 0.5) is 0 Å². The van der Waals surface area contributed by atoms with Crippen molar-refractivity contribution >= 4 is 35.3 Å². The smallest absolute Gasteiger partial charge is 0.219 e. The van der Waals surface area contributed by atoms with Gasteiger partial charge in [-0.3, -0.25) is 19.2 Å². The van der Waals surface area contributed by atoms with E-state index in [0.717, 1.165) is 12.2 Å². The van der Waals surface area contributed by atoms with E-state index < -0.39 is 197 Å². The van der Waals surface area contributed by atoms with Gasteiger partial charge in [0.2, 0.25) is 28.6 Å². The minimum Gasteiger partial charge on any atom is -0.508 e. The van der Waals surface area contributed by atoms with Crippen LogP contribution in [0.25, 0.3) is 12.2 Å². The number of phenols is 2. The molecule has 0 bridgehead atoms. The number of Topliss-reactive ketones (excluding diaryl/α,β-unsaturated/α-hetero) is 3. The Bertz CT molecular complexity index is 2740. The van der Waals surface area contributed by atoms with Crippen molar-refractivity contribution in [2.75, 3.05) is 26.4 Å². The van der Waals surface area contributed by atoms with Gasteiger partial charge in [-0.25, -0.2) is 0 Å². The molecule has 2 fully saturated rings. The number of allylic oxidation sites excluding steroid dienone is 4. The van der Waals surface area contributed by atoms with E-state index in [9.17, 15) is 107 Å². The summed E-state index contributed by atoms with van der Waals surface area (Å²) in [7, 11) is 0. The van der Waals surface area contributed by atoms with Gasteiger partial charge in [-0.1, -0.05) is 36.4 Å². The fraction of sp³-hybridized carbons (Fsp3) is 0.429. The summed E-state index contributed by atoms with van der Waals surface area (Å²) in [4.78, 5) is 59.6. The monoisotopic (exact) mass is 1060 g/mol. The first-order chi connectivity index (χ1) is 35.4. The molecule has 26 heteroatoms. The first-order valence-corrected chi connectivity index (χ1v) is 22.8. The molecule has 0 aromatic heterocycles. The van der Waals surface area contributed by atoms with Crippen LogP contribution in [0, 0.1) is 11.8 Å². The summed E-state index contributed by atoms with van der Waals surface area (Å²) in [5.74, 6) is -19.1. The van der Waals surface area contributed by atoms with Gasteiger partial charge in [0, 0.05) is 11.5 Å². The number of carbonyl (C=O) groups is 4. The van der Waals surface area contributed by atoms with E-state index >= 15 is 9.59 Å². The molecule has 17 atom stereocenters. The third-order valence-electron chi connectivity index (χ3n) is 13.9. The first-order valence-electron chi connectivity index (χ1n) is 22.8. The van der Waals surface area contributed by atoms with Gasteiger partial charge < -0.3 is 111 Å². The molecular weight excluding hydrogens is 1000 g/mol. The highest BCUT2D eigenvalue weighted by Gasteiger charge is 2.70. The lowest BCUT2D eigenvalue weighted by atomic mass is 9.65. The van der Waals surface area contributed by atoms with Gasteiger partial charge in [-0.2, -0.15) is 0 Å². The lowest BCUT2D eigenvalue weighted by Crippen LogP contribution is -2.71. The Balaban J connectivity index is 1.58. The number of ether oxygens (including phenoxy) is 3. The molecule has 0 spiro atoms. The maximum absolute atomic E-state index is 15.4. The minimum absolute atomic E-state index is 0.150. The second-order valence-electron chi connectivity index (χ2n) is 18.4. The summed E-state index contributed by atoms with van der Waals surface area (Å²) >= 11 is 0. The van der Waals surface area contributed by atoms with Crippen molar-refractivity contribution < 1.29 is 130 Å². The van der Waals surface area contributed by atoms with Crippen LogP contribution in [-0.4, -0.2) is 237 Å². The largest absolute Gasteiger partial charge is 0.508 e. The number of ketones is 4. The molecule has 2 aliphatic carbocycles. The fourth-order valence-electron chi connectivity index (χ4n) is 9.78. The number of carbonyl (C=O) groups excluding carboxylic acids is 4. The Morgan fingerprint density at radius 2 is 1.13 bits per heavy atom. The van der Waals surface area contributed by atoms with E-state index in [4.69, 9.17) is 14.2 Å². The summed E-state index contributed by atoms with van der Waals surface area (Å²) in [5.41, 5.74) is -13.6. The minimum atomic E-state index is -4.12. The van der Waals surface area contributed by atoms with Crippen molar-refractivity contribution in [3.8, 4) is 11.5 Å². The lowest BCUT2D eigenvalue weighted by Gasteiger charge is -2.48. The highest BCUT2D eigenvalue weighted by atomic mass is 16.6. The van der Waals surface area contributed by atoms with Crippen molar-refractivity contribution in [1.82, 2.24) is 0 Å². The van der Waals surface area contributed by atoms with Crippen LogP contribution in [0.2, 0.25) is 0 Å². The quantitative estimate of drug-likeness (QED) is 0.0342. The summed E-state index contributed by atoms with van der Waals surface area (Å²) in [6, 6.07) is 9.85. The van der Waals surface area contributed by atoms with Crippen LogP contribution in [0.5, 0.6) is 11.5 Å². The number of hydrogen-bond donors (Lipinski definition) is 19. The average molecular weight is 1060 g/mol. The number of benzene rings is 2. The van der Waals surface area contributed by atoms with Gasteiger partial charge >= 0.3 is 0 Å². The second kappa shape index (κ2) is 21.8. The van der Waals surface area contributed by atoms with E-state index in [1.807, 2.05) is 0 Å². The maximum Gasteiger partial charge on any atom is 0.219 e. The molecule has 26 nitrogen and oxygen atoms in total. The van der Waals surface area contributed by atoms with E-state index in [1.54, 1.807) is 0 Å². The molecule has 0 saturated carbocycles. The summed E-state index contributed by atoms with van der Waals surface area (Å²) in [6.45, 7) is -4.95. The predicted octanol–water partition coefficient (Wildman–Crippen LogP) is -5.70. The van der Waals surface area contributed by atoms with Gasteiger partial charge in [-0.05, 0) is 47.5 Å². The number of aliphatic hydroxyl groups excluding tert-OH is 15. The molecule has 2 aromatic rings. The normalized spacial score (nSPS) is 35.5. The second-order valence-corrected chi connectivity index (χ2v) is 18.4. The number of rotatable bonds is 15. The first kappa shape index (κ1) is 56.4. The van der Waals surface area contributed by atoms with Crippen LogP contribution in [0.15, 0.2) is 106 Å². The van der Waals surface area contributed by atoms with Gasteiger partial charge in [0.05, 0.1) is 50.1 Å². The van der Waals surface area contributed by atoms with Crippen LogP contribution in [0.1, 0.15) is 11.1 Å². The van der Waals surface area contributed by atoms with Gasteiger partial charge in [0.25, 0.3) is 0 Å². The van der Waals surface area contributed by atoms with Crippen molar-refractivity contribution in [2.45, 2.75) is 90.6 Å². The van der Waals surface area contributed by atoms with E-state index in [1.165, 1.54) is 48.5 Å². The Kier molecular flexibility index (Phi) is 16.4. The van der Waals surface area contributed by atoms with Gasteiger partial charge in [-0.15, -0.1) is 0 Å². The van der Waals surface area contributed by atoms with Crippen molar-refractivity contribution in [3.05, 3.63) is 117 Å². The maximum atomic E-state index is 15.4. The lowest BCUT2D eigenvalue weighted by molar-refractivity contribution is -0.260. The van der Waals surface area contributed by atoms with E-state index in [2.05, 4.69) is 0 Å². The van der Waals surface area contributed by atoms with Crippen molar-refractivity contribution in [3.63, 3.8) is 0 Å². The van der Waals surface area contributed by atoms with Crippen LogP contribution < -0.4 is 0 Å². The molecule has 406 valence electrons. The molecular formula is C49H54O26. The molecule has 0 amide bonds. The van der Waals surface area contributed by atoms with E-state index in [-0.39, 0.29) is 22.6 Å². The third kappa shape index (κ3) is 9.47. The standard InChI is InChI=1S/C49H54O26/c50-13-21-32(59)25(15-52)73-46(33(21)60)49(72)43(69)28(23(57)12-6-18-3-9-20(55)10-4-18)37(64)31-29(41(75-45(31)49)39(66)34(61)24(58)14-51)30-36(63)27(22(56)11-5-17-1-7-19(54)8-2-17)42(68)48(71,44(30)70)47-40(67)38(65)35(62)26(16-53)74-47/h1-12,21,24-26,29,32-35,38-41,46-47,50-56,58-67,71-72H,13-16H2. The highest BCUT2D eigenvalue weighted by molar-refractivity contribution is 6.30. The summed E-state index contributed by atoms with van der Waals surface area (Å²) in [6.07, 6.45) is -28.6. The Hall–Kier alpha value is -6.28. The van der Waals surface area contributed by atoms with Gasteiger partial charge in [0.1, 0.15) is 113 Å². The van der Waals surface area contributed by atoms with Crippen molar-refractivity contribution in [2.24, 2.45) is 11.8 Å². The zero-order valence-electron chi connectivity index (χ0n) is 38.8. The molecule has 0 radical (unpaired) electrons. The molecule has 3 aliphatic heterocycles. The number of hydrogen-bond acceptors (Lipinski definition) is 26. The zero-order chi connectivity index (χ0) is 55.3. The molecule has 2 saturated heterocycles. The third-order valence-corrected chi connectivity index (χ3v) is 13.9. The predicted molar refractivity (Wildman–Crippen MR) is 246 cm³/mol. The fourth-order valence-corrected chi connectivity index (χ4v) is 9.78. The molecule has 17 unspecified atom stereocenters. The van der Waals surface area contributed by atoms with Crippen LogP contribution in [-0.2, 0) is 33.4 Å². The summed E-state index contributed by atoms with van der Waals surface area (Å²) in [5, 5.41) is 211. The topological polar surface area (TPSA) is 480 Å².